The minimum absolute atomic E-state index is 0.0797. The van der Waals surface area contributed by atoms with E-state index in [2.05, 4.69) is 43.1 Å². The molecular weight excluding hydrogens is 432 g/mol. The van der Waals surface area contributed by atoms with Crippen LogP contribution in [-0.4, -0.2) is 47.1 Å². The lowest BCUT2D eigenvalue weighted by Crippen LogP contribution is -2.48. The summed E-state index contributed by atoms with van der Waals surface area (Å²) in [5.74, 6) is 1.96. The Morgan fingerprint density at radius 2 is 1.72 bits per heavy atom. The standard InChI is InChI=1S/C22H21BrN4O2/c23-19-4-2-1-3-18(19)22(28)27-13-11-26(12-14-27)17-9-7-15(8-10-17)20-24-21(29-25-20)16-5-6-16/h1-4,7-10,16H,5-6,11-14H2. The Morgan fingerprint density at radius 3 is 2.41 bits per heavy atom. The molecule has 1 saturated carbocycles. The average molecular weight is 453 g/mol. The van der Waals surface area contributed by atoms with Crippen molar-refractivity contribution < 1.29 is 9.32 Å². The fraction of sp³-hybridized carbons (Fsp3) is 0.318. The average Bonchev–Trinajstić information content (AvgIpc) is 3.50. The summed E-state index contributed by atoms with van der Waals surface area (Å²) in [7, 11) is 0. The second-order valence-electron chi connectivity index (χ2n) is 7.54. The zero-order valence-electron chi connectivity index (χ0n) is 15.9. The summed E-state index contributed by atoms with van der Waals surface area (Å²) >= 11 is 3.48. The van der Waals surface area contributed by atoms with Crippen LogP contribution < -0.4 is 4.90 Å². The second kappa shape index (κ2) is 7.63. The summed E-state index contributed by atoms with van der Waals surface area (Å²) in [5, 5.41) is 4.11. The van der Waals surface area contributed by atoms with Crippen molar-refractivity contribution in [3.63, 3.8) is 0 Å². The van der Waals surface area contributed by atoms with E-state index in [4.69, 9.17) is 4.52 Å². The van der Waals surface area contributed by atoms with Crippen molar-refractivity contribution in [1.29, 1.82) is 0 Å². The molecule has 148 valence electrons. The van der Waals surface area contributed by atoms with Gasteiger partial charge in [0.25, 0.3) is 5.91 Å². The van der Waals surface area contributed by atoms with E-state index in [1.165, 1.54) is 0 Å². The molecule has 7 heteroatoms. The third kappa shape index (κ3) is 3.79. The molecule has 29 heavy (non-hydrogen) atoms. The van der Waals surface area contributed by atoms with E-state index in [0.717, 1.165) is 53.1 Å². The number of carbonyl (C=O) groups excluding carboxylic acids is 1. The first-order valence-corrected chi connectivity index (χ1v) is 10.7. The first kappa shape index (κ1) is 18.4. The molecule has 0 N–H and O–H groups in total. The van der Waals surface area contributed by atoms with Gasteiger partial charge in [-0.2, -0.15) is 4.98 Å². The lowest BCUT2D eigenvalue weighted by molar-refractivity contribution is 0.0746. The highest BCUT2D eigenvalue weighted by molar-refractivity contribution is 9.10. The zero-order valence-corrected chi connectivity index (χ0v) is 17.5. The predicted octanol–water partition coefficient (Wildman–Crippen LogP) is 4.34. The fourth-order valence-corrected chi connectivity index (χ4v) is 4.10. The van der Waals surface area contributed by atoms with E-state index in [9.17, 15) is 4.79 Å². The van der Waals surface area contributed by atoms with E-state index in [1.54, 1.807) is 0 Å². The molecule has 1 amide bonds. The third-order valence-corrected chi connectivity index (χ3v) is 6.22. The van der Waals surface area contributed by atoms with Crippen molar-refractivity contribution in [2.75, 3.05) is 31.1 Å². The van der Waals surface area contributed by atoms with Gasteiger partial charge >= 0.3 is 0 Å². The van der Waals surface area contributed by atoms with Crippen LogP contribution in [0, 0.1) is 0 Å². The number of carbonyl (C=O) groups is 1. The van der Waals surface area contributed by atoms with Crippen LogP contribution in [-0.2, 0) is 0 Å². The van der Waals surface area contributed by atoms with Crippen molar-refractivity contribution in [3.05, 3.63) is 64.5 Å². The van der Waals surface area contributed by atoms with Crippen molar-refractivity contribution in [2.45, 2.75) is 18.8 Å². The molecule has 0 bridgehead atoms. The normalized spacial score (nSPS) is 16.9. The Morgan fingerprint density at radius 1 is 1.00 bits per heavy atom. The van der Waals surface area contributed by atoms with Crippen LogP contribution in [0.1, 0.15) is 35.0 Å². The topological polar surface area (TPSA) is 62.5 Å². The Labute approximate surface area is 177 Å². The maximum absolute atomic E-state index is 12.8. The predicted molar refractivity (Wildman–Crippen MR) is 114 cm³/mol. The van der Waals surface area contributed by atoms with Crippen LogP contribution in [0.3, 0.4) is 0 Å². The Kier molecular flexibility index (Phi) is 4.83. The molecule has 1 saturated heterocycles. The number of piperazine rings is 1. The molecule has 0 spiro atoms. The first-order chi connectivity index (χ1) is 14.2. The van der Waals surface area contributed by atoms with Gasteiger partial charge in [0.1, 0.15) is 0 Å². The molecule has 1 aliphatic heterocycles. The van der Waals surface area contributed by atoms with Crippen LogP contribution in [0.25, 0.3) is 11.4 Å². The van der Waals surface area contributed by atoms with Gasteiger partial charge in [-0.25, -0.2) is 0 Å². The van der Waals surface area contributed by atoms with Crippen molar-refractivity contribution >= 4 is 27.5 Å². The quantitative estimate of drug-likeness (QED) is 0.588. The van der Waals surface area contributed by atoms with Crippen LogP contribution in [0.15, 0.2) is 57.5 Å². The Hall–Kier alpha value is -2.67. The second-order valence-corrected chi connectivity index (χ2v) is 8.39. The van der Waals surface area contributed by atoms with Crippen LogP contribution in [0.4, 0.5) is 5.69 Å². The zero-order chi connectivity index (χ0) is 19.8. The lowest BCUT2D eigenvalue weighted by atomic mass is 10.1. The highest BCUT2D eigenvalue weighted by Gasteiger charge is 2.30. The smallest absolute Gasteiger partial charge is 0.255 e. The van der Waals surface area contributed by atoms with E-state index >= 15 is 0 Å². The van der Waals surface area contributed by atoms with Gasteiger partial charge in [-0.05, 0) is 65.2 Å². The number of hydrogen-bond acceptors (Lipinski definition) is 5. The third-order valence-electron chi connectivity index (χ3n) is 5.53. The number of halogens is 1. The fourth-order valence-electron chi connectivity index (χ4n) is 3.64. The number of aromatic nitrogens is 2. The van der Waals surface area contributed by atoms with Gasteiger partial charge in [0.15, 0.2) is 0 Å². The molecule has 2 aliphatic rings. The van der Waals surface area contributed by atoms with Crippen molar-refractivity contribution in [3.8, 4) is 11.4 Å². The minimum Gasteiger partial charge on any atom is -0.368 e. The van der Waals surface area contributed by atoms with Crippen LogP contribution in [0.5, 0.6) is 0 Å². The van der Waals surface area contributed by atoms with E-state index < -0.39 is 0 Å². The number of rotatable bonds is 4. The molecular formula is C22H21BrN4O2. The molecule has 2 aromatic carbocycles. The highest BCUT2D eigenvalue weighted by atomic mass is 79.9. The van der Waals surface area contributed by atoms with Gasteiger partial charge in [0, 0.05) is 47.8 Å². The Balaban J connectivity index is 1.22. The van der Waals surface area contributed by atoms with E-state index in [-0.39, 0.29) is 5.91 Å². The number of amides is 1. The summed E-state index contributed by atoms with van der Waals surface area (Å²) in [6.45, 7) is 3.03. The first-order valence-electron chi connectivity index (χ1n) is 9.92. The van der Waals surface area contributed by atoms with Crippen molar-refractivity contribution in [1.82, 2.24) is 15.0 Å². The van der Waals surface area contributed by atoms with Gasteiger partial charge < -0.3 is 14.3 Å². The van der Waals surface area contributed by atoms with Gasteiger partial charge in [0.05, 0.1) is 5.56 Å². The molecule has 3 aromatic rings. The van der Waals surface area contributed by atoms with Gasteiger partial charge in [-0.1, -0.05) is 17.3 Å². The summed E-state index contributed by atoms with van der Waals surface area (Å²) in [5.41, 5.74) is 2.83. The molecule has 5 rings (SSSR count). The van der Waals surface area contributed by atoms with Gasteiger partial charge in [0.2, 0.25) is 11.7 Å². The molecule has 0 atom stereocenters. The summed E-state index contributed by atoms with van der Waals surface area (Å²) in [6.07, 6.45) is 2.30. The highest BCUT2D eigenvalue weighted by Crippen LogP contribution is 2.39. The van der Waals surface area contributed by atoms with E-state index in [0.29, 0.717) is 24.8 Å². The molecule has 1 aliphatic carbocycles. The number of anilines is 1. The van der Waals surface area contributed by atoms with Crippen LogP contribution >= 0.6 is 15.9 Å². The van der Waals surface area contributed by atoms with Gasteiger partial charge in [-0.15, -0.1) is 0 Å². The molecule has 2 heterocycles. The molecule has 1 aromatic heterocycles. The summed E-state index contributed by atoms with van der Waals surface area (Å²) in [6, 6.07) is 15.8. The van der Waals surface area contributed by atoms with Gasteiger partial charge in [-0.3, -0.25) is 4.79 Å². The summed E-state index contributed by atoms with van der Waals surface area (Å²) in [4.78, 5) is 21.5. The maximum atomic E-state index is 12.8. The molecule has 0 radical (unpaired) electrons. The lowest BCUT2D eigenvalue weighted by Gasteiger charge is -2.36. The monoisotopic (exact) mass is 452 g/mol. The van der Waals surface area contributed by atoms with Crippen LogP contribution in [0.2, 0.25) is 0 Å². The number of nitrogens with zero attached hydrogens (tertiary/aromatic N) is 4. The van der Waals surface area contributed by atoms with Crippen molar-refractivity contribution in [2.24, 2.45) is 0 Å². The summed E-state index contributed by atoms with van der Waals surface area (Å²) < 4.78 is 6.20. The minimum atomic E-state index is 0.0797. The Bertz CT molecular complexity index is 1020. The molecule has 0 unspecified atom stereocenters. The number of benzene rings is 2. The SMILES string of the molecule is O=C(c1ccccc1Br)N1CCN(c2ccc(-c3noc(C4CC4)n3)cc2)CC1. The van der Waals surface area contributed by atoms with E-state index in [1.807, 2.05) is 41.3 Å². The number of hydrogen-bond donors (Lipinski definition) is 0. The molecule has 2 fully saturated rings. The largest absolute Gasteiger partial charge is 0.368 e. The maximum Gasteiger partial charge on any atom is 0.255 e. The molecule has 6 nitrogen and oxygen atoms in total.